The Kier molecular flexibility index (Phi) is 3.69. The summed E-state index contributed by atoms with van der Waals surface area (Å²) in [5, 5.41) is 3.48. The Balaban J connectivity index is 2.07. The molecule has 16 heavy (non-hydrogen) atoms. The number of thiophene rings is 1. The lowest BCUT2D eigenvalue weighted by atomic mass is 10.3. The van der Waals surface area contributed by atoms with E-state index in [0.29, 0.717) is 17.3 Å². The van der Waals surface area contributed by atoms with Crippen molar-refractivity contribution in [2.45, 2.75) is 6.54 Å². The number of anilines is 1. The van der Waals surface area contributed by atoms with Crippen molar-refractivity contribution in [3.8, 4) is 0 Å². The van der Waals surface area contributed by atoms with Gasteiger partial charge in [-0.2, -0.15) is 0 Å². The average Bonchev–Trinajstić information content (AvgIpc) is 2.66. The summed E-state index contributed by atoms with van der Waals surface area (Å²) in [7, 11) is 0. The molecule has 1 aromatic heterocycles. The maximum absolute atomic E-state index is 13.3. The smallest absolute Gasteiger partial charge is 0.146 e. The van der Waals surface area contributed by atoms with Crippen molar-refractivity contribution in [1.29, 1.82) is 0 Å². The highest BCUT2D eigenvalue weighted by atomic mass is 35.5. The fraction of sp³-hybridized carbons (Fsp3) is 0.0909. The first-order valence-electron chi connectivity index (χ1n) is 4.58. The minimum absolute atomic E-state index is 0.313. The molecule has 0 spiro atoms. The van der Waals surface area contributed by atoms with E-state index in [2.05, 4.69) is 5.32 Å². The summed E-state index contributed by atoms with van der Waals surface area (Å²) in [6, 6.07) is 8.14. The second-order valence-corrected chi connectivity index (χ2v) is 5.42. The Morgan fingerprint density at radius 2 is 2.00 bits per heavy atom. The SMILES string of the molecule is Fc1ccc(Cl)cc1NCc1ccc(Cl)s1. The maximum Gasteiger partial charge on any atom is 0.146 e. The number of nitrogens with one attached hydrogen (secondary N) is 1. The van der Waals surface area contributed by atoms with Gasteiger partial charge in [-0.05, 0) is 30.3 Å². The van der Waals surface area contributed by atoms with Gasteiger partial charge in [-0.3, -0.25) is 0 Å². The highest BCUT2D eigenvalue weighted by Gasteiger charge is 2.03. The normalized spacial score (nSPS) is 10.4. The van der Waals surface area contributed by atoms with Gasteiger partial charge < -0.3 is 5.32 Å². The van der Waals surface area contributed by atoms with Gasteiger partial charge in [0.2, 0.25) is 0 Å². The molecule has 0 saturated heterocycles. The Labute approximate surface area is 107 Å². The molecular formula is C11H8Cl2FNS. The molecule has 1 heterocycles. The number of rotatable bonds is 3. The summed E-state index contributed by atoms with van der Waals surface area (Å²) >= 11 is 13.0. The summed E-state index contributed by atoms with van der Waals surface area (Å²) in [6.07, 6.45) is 0. The van der Waals surface area contributed by atoms with Crippen LogP contribution >= 0.6 is 34.5 Å². The molecule has 84 valence electrons. The molecule has 0 fully saturated rings. The third kappa shape index (κ3) is 2.88. The van der Waals surface area contributed by atoms with E-state index in [1.165, 1.54) is 23.5 Å². The zero-order valence-corrected chi connectivity index (χ0v) is 10.5. The van der Waals surface area contributed by atoms with E-state index in [4.69, 9.17) is 23.2 Å². The van der Waals surface area contributed by atoms with Crippen LogP contribution in [0.5, 0.6) is 0 Å². The van der Waals surface area contributed by atoms with Crippen LogP contribution in [-0.2, 0) is 6.54 Å². The van der Waals surface area contributed by atoms with Crippen molar-refractivity contribution >= 4 is 40.2 Å². The van der Waals surface area contributed by atoms with Crippen molar-refractivity contribution in [2.24, 2.45) is 0 Å². The largest absolute Gasteiger partial charge is 0.378 e. The van der Waals surface area contributed by atoms with Crippen LogP contribution < -0.4 is 5.32 Å². The van der Waals surface area contributed by atoms with Gasteiger partial charge in [-0.15, -0.1) is 11.3 Å². The quantitative estimate of drug-likeness (QED) is 0.848. The lowest BCUT2D eigenvalue weighted by molar-refractivity contribution is 0.630. The van der Waals surface area contributed by atoms with E-state index < -0.39 is 0 Å². The molecule has 0 aliphatic carbocycles. The fourth-order valence-corrected chi connectivity index (χ4v) is 2.46. The van der Waals surface area contributed by atoms with Gasteiger partial charge in [0.25, 0.3) is 0 Å². The van der Waals surface area contributed by atoms with Crippen LogP contribution in [0, 0.1) is 5.82 Å². The summed E-state index contributed by atoms with van der Waals surface area (Å²) in [4.78, 5) is 1.05. The molecule has 1 N–H and O–H groups in total. The molecule has 1 nitrogen and oxygen atoms in total. The number of hydrogen-bond acceptors (Lipinski definition) is 2. The number of halogens is 3. The van der Waals surface area contributed by atoms with Gasteiger partial charge >= 0.3 is 0 Å². The molecule has 5 heteroatoms. The first kappa shape index (κ1) is 11.7. The zero-order chi connectivity index (χ0) is 11.5. The van der Waals surface area contributed by atoms with Gasteiger partial charge in [0.1, 0.15) is 5.82 Å². The van der Waals surface area contributed by atoms with Crippen molar-refractivity contribution in [2.75, 3.05) is 5.32 Å². The van der Waals surface area contributed by atoms with Crippen LogP contribution in [0.2, 0.25) is 9.36 Å². The summed E-state index contributed by atoms with van der Waals surface area (Å²) in [6.45, 7) is 0.536. The first-order chi connectivity index (χ1) is 7.65. The summed E-state index contributed by atoms with van der Waals surface area (Å²) < 4.78 is 14.1. The lowest BCUT2D eigenvalue weighted by Gasteiger charge is -2.06. The summed E-state index contributed by atoms with van der Waals surface area (Å²) in [5.41, 5.74) is 0.400. The van der Waals surface area contributed by atoms with Crippen LogP contribution in [-0.4, -0.2) is 0 Å². The van der Waals surface area contributed by atoms with Crippen molar-refractivity contribution < 1.29 is 4.39 Å². The van der Waals surface area contributed by atoms with Crippen molar-refractivity contribution in [3.05, 3.63) is 50.4 Å². The molecule has 0 aliphatic heterocycles. The highest BCUT2D eigenvalue weighted by molar-refractivity contribution is 7.16. The van der Waals surface area contributed by atoms with Gasteiger partial charge in [-0.25, -0.2) is 4.39 Å². The molecule has 0 saturated carbocycles. The second kappa shape index (κ2) is 5.04. The van der Waals surface area contributed by atoms with Crippen molar-refractivity contribution in [3.63, 3.8) is 0 Å². The molecule has 0 unspecified atom stereocenters. The molecule has 2 rings (SSSR count). The highest BCUT2D eigenvalue weighted by Crippen LogP contribution is 2.24. The zero-order valence-electron chi connectivity index (χ0n) is 8.14. The van der Waals surface area contributed by atoms with E-state index >= 15 is 0 Å². The van der Waals surface area contributed by atoms with Crippen LogP contribution in [0.25, 0.3) is 0 Å². The van der Waals surface area contributed by atoms with Crippen molar-refractivity contribution in [1.82, 2.24) is 0 Å². The van der Waals surface area contributed by atoms with Gasteiger partial charge in [0.05, 0.1) is 10.0 Å². The minimum Gasteiger partial charge on any atom is -0.378 e. The third-order valence-corrected chi connectivity index (χ3v) is 3.48. The minimum atomic E-state index is -0.313. The first-order valence-corrected chi connectivity index (χ1v) is 6.15. The lowest BCUT2D eigenvalue weighted by Crippen LogP contribution is -1.99. The predicted molar refractivity (Wildman–Crippen MR) is 68.1 cm³/mol. The number of benzene rings is 1. The Morgan fingerprint density at radius 1 is 1.19 bits per heavy atom. The maximum atomic E-state index is 13.3. The van der Waals surface area contributed by atoms with Crippen LogP contribution in [0.3, 0.4) is 0 Å². The molecule has 1 aromatic carbocycles. The average molecular weight is 276 g/mol. The van der Waals surface area contributed by atoms with Crippen LogP contribution in [0.4, 0.5) is 10.1 Å². The molecule has 0 aliphatic rings. The molecule has 0 bridgehead atoms. The summed E-state index contributed by atoms with van der Waals surface area (Å²) in [5.74, 6) is -0.313. The Morgan fingerprint density at radius 3 is 2.69 bits per heavy atom. The van der Waals surface area contributed by atoms with Gasteiger partial charge in [-0.1, -0.05) is 23.2 Å². The standard InChI is InChI=1S/C11H8Cl2FNS/c12-7-1-3-9(14)10(5-7)15-6-8-2-4-11(13)16-8/h1-5,15H,6H2. The molecular weight excluding hydrogens is 268 g/mol. The van der Waals surface area contributed by atoms with E-state index in [1.54, 1.807) is 6.07 Å². The van der Waals surface area contributed by atoms with E-state index in [-0.39, 0.29) is 5.82 Å². The van der Waals surface area contributed by atoms with E-state index in [0.717, 1.165) is 9.21 Å². The Hall–Kier alpha value is -0.770. The molecule has 0 amide bonds. The molecule has 0 radical (unpaired) electrons. The van der Waals surface area contributed by atoms with E-state index in [9.17, 15) is 4.39 Å². The Bertz CT molecular complexity index is 498. The third-order valence-electron chi connectivity index (χ3n) is 2.01. The van der Waals surface area contributed by atoms with Crippen LogP contribution in [0.1, 0.15) is 4.88 Å². The van der Waals surface area contributed by atoms with Gasteiger partial charge in [0.15, 0.2) is 0 Å². The monoisotopic (exact) mass is 275 g/mol. The van der Waals surface area contributed by atoms with Crippen LogP contribution in [0.15, 0.2) is 30.3 Å². The molecule has 0 atom stereocenters. The fourth-order valence-electron chi connectivity index (χ4n) is 1.26. The molecule has 2 aromatic rings. The predicted octanol–water partition coefficient (Wildman–Crippen LogP) is 4.81. The number of hydrogen-bond donors (Lipinski definition) is 1. The van der Waals surface area contributed by atoms with E-state index in [1.807, 2.05) is 12.1 Å². The van der Waals surface area contributed by atoms with Gasteiger partial charge in [0, 0.05) is 16.4 Å². The second-order valence-electron chi connectivity index (χ2n) is 3.18. The topological polar surface area (TPSA) is 12.0 Å².